The number of carboxylic acid groups (broad SMARTS) is 1. The second-order valence-corrected chi connectivity index (χ2v) is 4.95. The Morgan fingerprint density at radius 1 is 1.19 bits per heavy atom. The lowest BCUT2D eigenvalue weighted by Crippen LogP contribution is -2.25. The third kappa shape index (κ3) is 3.31. The minimum atomic E-state index is -0.992. The molecule has 0 aliphatic rings. The van der Waals surface area contributed by atoms with Gasteiger partial charge < -0.3 is 15.4 Å². The van der Waals surface area contributed by atoms with Crippen molar-refractivity contribution in [3.05, 3.63) is 59.4 Å². The van der Waals surface area contributed by atoms with Gasteiger partial charge in [0.05, 0.1) is 5.56 Å². The molecule has 1 aromatic heterocycles. The van der Waals surface area contributed by atoms with E-state index >= 15 is 0 Å². The fourth-order valence-electron chi connectivity index (χ4n) is 2.35. The van der Waals surface area contributed by atoms with Crippen LogP contribution in [0.3, 0.4) is 0 Å². The van der Waals surface area contributed by atoms with Gasteiger partial charge in [0.2, 0.25) is 5.91 Å². The van der Waals surface area contributed by atoms with E-state index in [0.29, 0.717) is 18.5 Å². The summed E-state index contributed by atoms with van der Waals surface area (Å²) in [6, 6.07) is 10.8. The van der Waals surface area contributed by atoms with E-state index in [4.69, 9.17) is 5.73 Å². The van der Waals surface area contributed by atoms with E-state index in [-0.39, 0.29) is 5.56 Å². The van der Waals surface area contributed by atoms with Gasteiger partial charge in [-0.25, -0.2) is 4.79 Å². The van der Waals surface area contributed by atoms with Crippen molar-refractivity contribution in [2.75, 3.05) is 0 Å². The Morgan fingerprint density at radius 3 is 2.43 bits per heavy atom. The molecular formula is C16H18N2O3. The monoisotopic (exact) mass is 286 g/mol. The molecule has 0 spiro atoms. The number of rotatable bonds is 6. The first-order chi connectivity index (χ1) is 10.0. The third-order valence-corrected chi connectivity index (χ3v) is 3.58. The minimum absolute atomic E-state index is 0.221. The van der Waals surface area contributed by atoms with Crippen LogP contribution in [0.1, 0.15) is 34.6 Å². The van der Waals surface area contributed by atoms with Crippen LogP contribution in [0.15, 0.2) is 42.6 Å². The fraction of sp³-hybridized carbons (Fsp3) is 0.250. The molecule has 0 radical (unpaired) electrons. The molecule has 21 heavy (non-hydrogen) atoms. The number of aromatic carboxylic acids is 1. The van der Waals surface area contributed by atoms with Crippen LogP contribution in [-0.4, -0.2) is 21.6 Å². The first-order valence-corrected chi connectivity index (χ1v) is 6.77. The number of primary amides is 1. The summed E-state index contributed by atoms with van der Waals surface area (Å²) in [6.45, 7) is 1.67. The Kier molecular flexibility index (Phi) is 4.42. The molecule has 3 N–H and O–H groups in total. The summed E-state index contributed by atoms with van der Waals surface area (Å²) in [4.78, 5) is 22.7. The average Bonchev–Trinajstić information content (AvgIpc) is 2.89. The summed E-state index contributed by atoms with van der Waals surface area (Å²) in [5.74, 6) is -1.48. The Balaban J connectivity index is 2.29. The molecule has 5 nitrogen and oxygen atoms in total. The highest BCUT2D eigenvalue weighted by Gasteiger charge is 2.20. The zero-order valence-corrected chi connectivity index (χ0v) is 11.8. The van der Waals surface area contributed by atoms with Gasteiger partial charge in [-0.1, -0.05) is 30.3 Å². The molecule has 0 aliphatic carbocycles. The molecule has 0 bridgehead atoms. The SMILES string of the molecule is CC(C(N)=O)n1ccc(C(=O)O)c1CCc1ccccc1. The summed E-state index contributed by atoms with van der Waals surface area (Å²) in [6.07, 6.45) is 2.85. The fourth-order valence-corrected chi connectivity index (χ4v) is 2.35. The topological polar surface area (TPSA) is 85.3 Å². The van der Waals surface area contributed by atoms with Gasteiger partial charge in [0.25, 0.3) is 0 Å². The molecule has 110 valence electrons. The predicted octanol–water partition coefficient (Wildman–Crippen LogP) is 2.02. The average molecular weight is 286 g/mol. The zero-order chi connectivity index (χ0) is 15.4. The molecule has 0 fully saturated rings. The van der Waals surface area contributed by atoms with E-state index in [1.165, 1.54) is 6.07 Å². The predicted molar refractivity (Wildman–Crippen MR) is 79.1 cm³/mol. The van der Waals surface area contributed by atoms with Crippen LogP contribution in [0.5, 0.6) is 0 Å². The molecule has 2 rings (SSSR count). The number of aromatic nitrogens is 1. The van der Waals surface area contributed by atoms with Gasteiger partial charge in [-0.05, 0) is 31.4 Å². The molecule has 0 aliphatic heterocycles. The van der Waals surface area contributed by atoms with Crippen molar-refractivity contribution in [3.63, 3.8) is 0 Å². The largest absolute Gasteiger partial charge is 0.478 e. The number of hydrogen-bond donors (Lipinski definition) is 2. The summed E-state index contributed by atoms with van der Waals surface area (Å²) >= 11 is 0. The van der Waals surface area contributed by atoms with E-state index < -0.39 is 17.9 Å². The molecule has 1 unspecified atom stereocenters. The Hall–Kier alpha value is -2.56. The van der Waals surface area contributed by atoms with Crippen molar-refractivity contribution in [2.24, 2.45) is 5.73 Å². The first-order valence-electron chi connectivity index (χ1n) is 6.77. The quantitative estimate of drug-likeness (QED) is 0.851. The molecule has 1 atom stereocenters. The number of hydrogen-bond acceptors (Lipinski definition) is 2. The van der Waals surface area contributed by atoms with Crippen molar-refractivity contribution in [1.29, 1.82) is 0 Å². The van der Waals surface area contributed by atoms with Crippen molar-refractivity contribution in [1.82, 2.24) is 4.57 Å². The summed E-state index contributed by atoms with van der Waals surface area (Å²) in [5, 5.41) is 9.27. The van der Waals surface area contributed by atoms with Crippen LogP contribution >= 0.6 is 0 Å². The second kappa shape index (κ2) is 6.26. The van der Waals surface area contributed by atoms with E-state index in [0.717, 1.165) is 5.56 Å². The smallest absolute Gasteiger partial charge is 0.337 e. The Bertz CT molecular complexity index is 647. The summed E-state index contributed by atoms with van der Waals surface area (Å²) in [7, 11) is 0. The van der Waals surface area contributed by atoms with Gasteiger partial charge in [-0.3, -0.25) is 4.79 Å². The highest BCUT2D eigenvalue weighted by atomic mass is 16.4. The lowest BCUT2D eigenvalue weighted by Gasteiger charge is -2.15. The van der Waals surface area contributed by atoms with Crippen LogP contribution in [0.4, 0.5) is 0 Å². The number of carbonyl (C=O) groups excluding carboxylic acids is 1. The normalized spacial score (nSPS) is 12.0. The maximum atomic E-state index is 11.4. The third-order valence-electron chi connectivity index (χ3n) is 3.58. The second-order valence-electron chi connectivity index (χ2n) is 4.95. The number of carbonyl (C=O) groups is 2. The molecular weight excluding hydrogens is 268 g/mol. The van der Waals surface area contributed by atoms with Gasteiger partial charge in [-0.15, -0.1) is 0 Å². The van der Waals surface area contributed by atoms with Crippen LogP contribution in [0.25, 0.3) is 0 Å². The van der Waals surface area contributed by atoms with E-state index in [1.807, 2.05) is 30.3 Å². The molecule has 0 saturated carbocycles. The number of carboxylic acids is 1. The molecule has 1 heterocycles. The lowest BCUT2D eigenvalue weighted by molar-refractivity contribution is -0.120. The van der Waals surface area contributed by atoms with Crippen LogP contribution in [0.2, 0.25) is 0 Å². The van der Waals surface area contributed by atoms with Crippen molar-refractivity contribution < 1.29 is 14.7 Å². The molecule has 1 aromatic carbocycles. The van der Waals surface area contributed by atoms with Crippen LogP contribution < -0.4 is 5.73 Å². The molecule has 5 heteroatoms. The number of nitrogens with two attached hydrogens (primary N) is 1. The van der Waals surface area contributed by atoms with Crippen molar-refractivity contribution >= 4 is 11.9 Å². The maximum absolute atomic E-state index is 11.4. The summed E-state index contributed by atoms with van der Waals surface area (Å²) < 4.78 is 1.65. The van der Waals surface area contributed by atoms with Crippen molar-refractivity contribution in [3.8, 4) is 0 Å². The maximum Gasteiger partial charge on any atom is 0.337 e. The number of benzene rings is 1. The number of nitrogens with zero attached hydrogens (tertiary/aromatic N) is 1. The van der Waals surface area contributed by atoms with Gasteiger partial charge in [0, 0.05) is 11.9 Å². The van der Waals surface area contributed by atoms with Crippen LogP contribution in [0, 0.1) is 0 Å². The highest BCUT2D eigenvalue weighted by Crippen LogP contribution is 2.19. The van der Waals surface area contributed by atoms with E-state index in [2.05, 4.69) is 0 Å². The molecule has 2 aromatic rings. The number of amides is 1. The van der Waals surface area contributed by atoms with Crippen LogP contribution in [-0.2, 0) is 17.6 Å². The molecule has 0 saturated heterocycles. The van der Waals surface area contributed by atoms with E-state index in [1.54, 1.807) is 17.7 Å². The molecule has 1 amide bonds. The lowest BCUT2D eigenvalue weighted by atomic mass is 10.1. The Labute approximate surface area is 123 Å². The zero-order valence-electron chi connectivity index (χ0n) is 11.8. The summed E-state index contributed by atoms with van der Waals surface area (Å²) in [5.41, 5.74) is 7.29. The van der Waals surface area contributed by atoms with Gasteiger partial charge in [0.15, 0.2) is 0 Å². The van der Waals surface area contributed by atoms with Gasteiger partial charge >= 0.3 is 5.97 Å². The highest BCUT2D eigenvalue weighted by molar-refractivity contribution is 5.89. The minimum Gasteiger partial charge on any atom is -0.478 e. The van der Waals surface area contributed by atoms with Gasteiger partial charge in [-0.2, -0.15) is 0 Å². The number of aryl methyl sites for hydroxylation is 1. The first kappa shape index (κ1) is 14.8. The van der Waals surface area contributed by atoms with Crippen molar-refractivity contribution in [2.45, 2.75) is 25.8 Å². The van der Waals surface area contributed by atoms with Gasteiger partial charge in [0.1, 0.15) is 6.04 Å². The van der Waals surface area contributed by atoms with E-state index in [9.17, 15) is 14.7 Å². The Morgan fingerprint density at radius 2 is 1.86 bits per heavy atom. The standard InChI is InChI=1S/C16H18N2O3/c1-11(15(17)19)18-10-9-13(16(20)21)14(18)8-7-12-5-3-2-4-6-12/h2-6,9-11H,7-8H2,1H3,(H2,17,19)(H,20,21).